The van der Waals surface area contributed by atoms with Crippen molar-refractivity contribution in [3.8, 4) is 11.3 Å². The van der Waals surface area contributed by atoms with Crippen molar-refractivity contribution in [3.05, 3.63) is 110 Å². The number of fused-ring (bicyclic) bond motifs is 1. The molecular weight excluding hydrogens is 430 g/mol. The Morgan fingerprint density at radius 3 is 2.58 bits per heavy atom. The number of nitrogens with one attached hydrogen (secondary N) is 1. The standard InChI is InChI=1S/C27H25N3O2S/c31-25(18-30-26(32)15-14-23(29-30)20-8-2-1-3-9-20)28-27(24-11-6-16-33-24)22-13-12-19-7-4-5-10-21(19)17-22/h1-3,6,8-9,11-17,27H,4-5,7,10,18H2,(H,28,31). The number of nitrogens with zero attached hydrogens (tertiary/aromatic N) is 2. The number of hydrogen-bond donors (Lipinski definition) is 1. The molecule has 5 nitrogen and oxygen atoms in total. The zero-order valence-electron chi connectivity index (χ0n) is 18.2. The maximum atomic E-state index is 13.1. The van der Waals surface area contributed by atoms with Crippen LogP contribution in [0.3, 0.4) is 0 Å². The van der Waals surface area contributed by atoms with E-state index in [4.69, 9.17) is 0 Å². The minimum atomic E-state index is -0.300. The van der Waals surface area contributed by atoms with Crippen LogP contribution in [0.2, 0.25) is 0 Å². The molecule has 33 heavy (non-hydrogen) atoms. The van der Waals surface area contributed by atoms with Gasteiger partial charge in [-0.05, 0) is 59.9 Å². The Bertz CT molecular complexity index is 1310. The van der Waals surface area contributed by atoms with E-state index in [1.54, 1.807) is 17.4 Å². The predicted octanol–water partition coefficient (Wildman–Crippen LogP) is 4.76. The zero-order valence-corrected chi connectivity index (χ0v) is 19.1. The van der Waals surface area contributed by atoms with E-state index >= 15 is 0 Å². The molecule has 0 spiro atoms. The van der Waals surface area contributed by atoms with Crippen LogP contribution in [0.4, 0.5) is 0 Å². The highest BCUT2D eigenvalue weighted by atomic mass is 32.1. The van der Waals surface area contributed by atoms with Crippen molar-refractivity contribution in [1.82, 2.24) is 15.1 Å². The zero-order chi connectivity index (χ0) is 22.6. The Morgan fingerprint density at radius 1 is 0.970 bits per heavy atom. The molecule has 0 radical (unpaired) electrons. The SMILES string of the molecule is O=C(Cn1nc(-c2ccccc2)ccc1=O)NC(c1ccc2c(c1)CCCC2)c1cccs1. The summed E-state index contributed by atoms with van der Waals surface area (Å²) in [5.74, 6) is -0.245. The number of amides is 1. The summed E-state index contributed by atoms with van der Waals surface area (Å²) in [4.78, 5) is 26.5. The Kier molecular flexibility index (Phi) is 6.17. The highest BCUT2D eigenvalue weighted by Crippen LogP contribution is 2.30. The van der Waals surface area contributed by atoms with Crippen molar-refractivity contribution < 1.29 is 4.79 Å². The number of rotatable bonds is 6. The van der Waals surface area contributed by atoms with E-state index in [1.807, 2.05) is 47.8 Å². The number of aromatic nitrogens is 2. The molecule has 2 aromatic heterocycles. The molecule has 0 saturated heterocycles. The first kappa shape index (κ1) is 21.3. The van der Waals surface area contributed by atoms with Crippen LogP contribution >= 0.6 is 11.3 Å². The second-order valence-corrected chi connectivity index (χ2v) is 9.31. The van der Waals surface area contributed by atoms with Gasteiger partial charge in [-0.1, -0.05) is 54.6 Å². The van der Waals surface area contributed by atoms with Gasteiger partial charge in [0.1, 0.15) is 6.54 Å². The minimum absolute atomic E-state index is 0.133. The van der Waals surface area contributed by atoms with E-state index < -0.39 is 0 Å². The molecule has 2 heterocycles. The quantitative estimate of drug-likeness (QED) is 0.456. The Morgan fingerprint density at radius 2 is 1.79 bits per heavy atom. The normalized spacial score (nSPS) is 13.8. The second-order valence-electron chi connectivity index (χ2n) is 8.33. The van der Waals surface area contributed by atoms with E-state index in [9.17, 15) is 9.59 Å². The molecule has 1 aliphatic rings. The third-order valence-corrected chi connectivity index (χ3v) is 7.01. The van der Waals surface area contributed by atoms with Gasteiger partial charge in [0.05, 0.1) is 11.7 Å². The molecule has 2 aromatic carbocycles. The summed E-state index contributed by atoms with van der Waals surface area (Å²) in [5, 5.41) is 9.59. The Hall–Kier alpha value is -3.51. The van der Waals surface area contributed by atoms with Gasteiger partial charge in [-0.25, -0.2) is 4.68 Å². The predicted molar refractivity (Wildman–Crippen MR) is 131 cm³/mol. The number of carbonyl (C=O) groups is 1. The van der Waals surface area contributed by atoms with Gasteiger partial charge in [0.25, 0.3) is 5.56 Å². The monoisotopic (exact) mass is 455 g/mol. The summed E-state index contributed by atoms with van der Waals surface area (Å²) in [6.07, 6.45) is 4.65. The molecule has 0 aliphatic heterocycles. The topological polar surface area (TPSA) is 64.0 Å². The minimum Gasteiger partial charge on any atom is -0.343 e. The molecule has 4 aromatic rings. The Labute approximate surface area is 196 Å². The number of carbonyl (C=O) groups excluding carboxylic acids is 1. The van der Waals surface area contributed by atoms with E-state index in [-0.39, 0.29) is 24.1 Å². The highest BCUT2D eigenvalue weighted by molar-refractivity contribution is 7.10. The molecule has 0 bridgehead atoms. The van der Waals surface area contributed by atoms with Gasteiger partial charge in [0, 0.05) is 16.5 Å². The van der Waals surface area contributed by atoms with Gasteiger partial charge in [0.15, 0.2) is 0 Å². The molecule has 1 amide bonds. The first-order valence-electron chi connectivity index (χ1n) is 11.3. The van der Waals surface area contributed by atoms with Crippen molar-refractivity contribution >= 4 is 17.2 Å². The van der Waals surface area contributed by atoms with Crippen LogP contribution in [0.25, 0.3) is 11.3 Å². The van der Waals surface area contributed by atoms with Crippen LogP contribution in [-0.4, -0.2) is 15.7 Å². The van der Waals surface area contributed by atoms with E-state index in [1.165, 1.54) is 34.7 Å². The summed E-state index contributed by atoms with van der Waals surface area (Å²) in [7, 11) is 0. The molecule has 1 unspecified atom stereocenters. The first-order valence-corrected chi connectivity index (χ1v) is 12.1. The summed E-state index contributed by atoms with van der Waals surface area (Å²) in [6.45, 7) is -0.133. The number of benzene rings is 2. The molecule has 166 valence electrons. The van der Waals surface area contributed by atoms with Gasteiger partial charge >= 0.3 is 0 Å². The van der Waals surface area contributed by atoms with E-state index in [0.29, 0.717) is 5.69 Å². The molecule has 5 rings (SSSR count). The van der Waals surface area contributed by atoms with Crippen molar-refractivity contribution in [3.63, 3.8) is 0 Å². The summed E-state index contributed by atoms with van der Waals surface area (Å²) < 4.78 is 1.23. The maximum absolute atomic E-state index is 13.1. The van der Waals surface area contributed by atoms with Crippen LogP contribution in [-0.2, 0) is 24.2 Å². The first-order chi connectivity index (χ1) is 16.2. The summed E-state index contributed by atoms with van der Waals surface area (Å²) in [6, 6.07) is 23.1. The largest absolute Gasteiger partial charge is 0.343 e. The fourth-order valence-corrected chi connectivity index (χ4v) is 5.18. The third-order valence-electron chi connectivity index (χ3n) is 6.07. The van der Waals surface area contributed by atoms with Crippen molar-refractivity contribution in [2.45, 2.75) is 38.3 Å². The maximum Gasteiger partial charge on any atom is 0.267 e. The summed E-state index contributed by atoms with van der Waals surface area (Å²) in [5.41, 5.74) is 5.12. The van der Waals surface area contributed by atoms with Gasteiger partial charge < -0.3 is 5.32 Å². The fraction of sp³-hybridized carbons (Fsp3) is 0.222. The lowest BCUT2D eigenvalue weighted by molar-refractivity contribution is -0.122. The summed E-state index contributed by atoms with van der Waals surface area (Å²) >= 11 is 1.62. The second kappa shape index (κ2) is 9.55. The van der Waals surface area contributed by atoms with Gasteiger partial charge in [0.2, 0.25) is 5.91 Å². The molecule has 0 saturated carbocycles. The molecule has 1 aliphatic carbocycles. The van der Waals surface area contributed by atoms with Gasteiger partial charge in [-0.3, -0.25) is 9.59 Å². The molecular formula is C27H25N3O2S. The smallest absolute Gasteiger partial charge is 0.267 e. The van der Waals surface area contributed by atoms with Crippen LogP contribution in [0.1, 0.15) is 40.5 Å². The molecule has 1 N–H and O–H groups in total. The van der Waals surface area contributed by atoms with Crippen LogP contribution in [0.15, 0.2) is 83.0 Å². The van der Waals surface area contributed by atoms with Crippen molar-refractivity contribution in [2.75, 3.05) is 0 Å². The molecule has 0 fully saturated rings. The highest BCUT2D eigenvalue weighted by Gasteiger charge is 2.21. The van der Waals surface area contributed by atoms with Gasteiger partial charge in [-0.15, -0.1) is 11.3 Å². The molecule has 6 heteroatoms. The van der Waals surface area contributed by atoms with Crippen molar-refractivity contribution in [2.24, 2.45) is 0 Å². The van der Waals surface area contributed by atoms with E-state index in [0.717, 1.165) is 28.8 Å². The third kappa shape index (κ3) is 4.81. The van der Waals surface area contributed by atoms with E-state index in [2.05, 4.69) is 28.6 Å². The van der Waals surface area contributed by atoms with Gasteiger partial charge in [-0.2, -0.15) is 5.10 Å². The average molecular weight is 456 g/mol. The lowest BCUT2D eigenvalue weighted by Gasteiger charge is -2.22. The van der Waals surface area contributed by atoms with Crippen LogP contribution in [0.5, 0.6) is 0 Å². The van der Waals surface area contributed by atoms with Crippen LogP contribution in [0, 0.1) is 0 Å². The van der Waals surface area contributed by atoms with Crippen LogP contribution < -0.4 is 10.9 Å². The average Bonchev–Trinajstić information content (AvgIpc) is 3.39. The van der Waals surface area contributed by atoms with Crippen molar-refractivity contribution in [1.29, 1.82) is 0 Å². The number of thiophene rings is 1. The Balaban J connectivity index is 1.40. The fourth-order valence-electron chi connectivity index (χ4n) is 4.37. The lowest BCUT2D eigenvalue weighted by Crippen LogP contribution is -2.36. The lowest BCUT2D eigenvalue weighted by atomic mass is 9.89. The molecule has 1 atom stereocenters. The number of aryl methyl sites for hydroxylation is 2. The number of hydrogen-bond acceptors (Lipinski definition) is 4.